The minimum atomic E-state index is -4.52. The first kappa shape index (κ1) is 16.8. The predicted octanol–water partition coefficient (Wildman–Crippen LogP) is 2.69. The van der Waals surface area contributed by atoms with E-state index in [2.05, 4.69) is 13.2 Å². The molecule has 0 saturated heterocycles. The fourth-order valence-corrected chi connectivity index (χ4v) is 2.36. The van der Waals surface area contributed by atoms with Crippen LogP contribution in [0, 0.1) is 0 Å². The fraction of sp³-hybridized carbons (Fsp3) is 0.250. The van der Waals surface area contributed by atoms with E-state index in [1.54, 1.807) is 24.3 Å². The molecule has 0 atom stereocenters. The molecule has 0 aliphatic carbocycles. The summed E-state index contributed by atoms with van der Waals surface area (Å²) in [7, 11) is 0. The van der Waals surface area contributed by atoms with E-state index < -0.39 is 31.1 Å². The summed E-state index contributed by atoms with van der Waals surface area (Å²) in [6.07, 6.45) is -3.31. The molecule has 0 radical (unpaired) electrons. The van der Waals surface area contributed by atoms with Crippen LogP contribution in [-0.4, -0.2) is 47.4 Å². The van der Waals surface area contributed by atoms with Gasteiger partial charge in [-0.05, 0) is 6.07 Å². The highest BCUT2D eigenvalue weighted by atomic mass is 19.4. The Hall–Kier alpha value is -2.57. The van der Waals surface area contributed by atoms with Gasteiger partial charge in [-0.1, -0.05) is 30.9 Å². The van der Waals surface area contributed by atoms with Gasteiger partial charge in [-0.2, -0.15) is 13.2 Å². The Balaban J connectivity index is 2.15. The van der Waals surface area contributed by atoms with Crippen molar-refractivity contribution in [2.24, 2.45) is 0 Å². The smallest absolute Gasteiger partial charge is 0.328 e. The molecule has 1 aliphatic rings. The van der Waals surface area contributed by atoms with E-state index in [-0.39, 0.29) is 6.54 Å². The summed E-state index contributed by atoms with van der Waals surface area (Å²) < 4.78 is 37.6. The molecule has 1 heterocycles. The van der Waals surface area contributed by atoms with Crippen molar-refractivity contribution in [3.63, 3.8) is 0 Å². The van der Waals surface area contributed by atoms with E-state index in [1.165, 1.54) is 6.08 Å². The standard InChI is InChI=1S/C16H15F3N2O2/c1-3-8-20(10-16(17,18)19)14(22)9-21-11(2)12-6-4-5-7-13(12)15(21)23/h3-7H,1-2,8-10H2. The van der Waals surface area contributed by atoms with Gasteiger partial charge in [-0.15, -0.1) is 6.58 Å². The molecule has 4 nitrogen and oxygen atoms in total. The molecule has 1 aromatic carbocycles. The molecular weight excluding hydrogens is 309 g/mol. The molecule has 0 spiro atoms. The lowest BCUT2D eigenvalue weighted by molar-refractivity contribution is -0.160. The second-order valence-corrected chi connectivity index (χ2v) is 5.06. The van der Waals surface area contributed by atoms with Crippen LogP contribution in [0.1, 0.15) is 15.9 Å². The number of rotatable bonds is 5. The van der Waals surface area contributed by atoms with Crippen molar-refractivity contribution >= 4 is 17.5 Å². The monoisotopic (exact) mass is 324 g/mol. The molecule has 1 aliphatic heterocycles. The van der Waals surface area contributed by atoms with Gasteiger partial charge in [0, 0.05) is 23.4 Å². The molecule has 0 N–H and O–H groups in total. The van der Waals surface area contributed by atoms with E-state index in [0.717, 1.165) is 4.90 Å². The number of benzene rings is 1. The second kappa shape index (κ2) is 6.28. The van der Waals surface area contributed by atoms with Gasteiger partial charge in [0.15, 0.2) is 0 Å². The molecular formula is C16H15F3N2O2. The second-order valence-electron chi connectivity index (χ2n) is 5.06. The normalized spacial score (nSPS) is 14.0. The Morgan fingerprint density at radius 3 is 2.39 bits per heavy atom. The summed E-state index contributed by atoms with van der Waals surface area (Å²) in [4.78, 5) is 26.1. The number of carbonyl (C=O) groups is 2. The number of carbonyl (C=O) groups excluding carboxylic acids is 2. The molecule has 0 unspecified atom stereocenters. The van der Waals surface area contributed by atoms with Crippen molar-refractivity contribution in [2.75, 3.05) is 19.6 Å². The highest BCUT2D eigenvalue weighted by molar-refractivity contribution is 6.10. The fourth-order valence-electron chi connectivity index (χ4n) is 2.36. The van der Waals surface area contributed by atoms with E-state index in [4.69, 9.17) is 0 Å². The van der Waals surface area contributed by atoms with Gasteiger partial charge in [-0.25, -0.2) is 0 Å². The third-order valence-electron chi connectivity index (χ3n) is 3.41. The van der Waals surface area contributed by atoms with Gasteiger partial charge in [0.25, 0.3) is 5.91 Å². The molecule has 0 saturated carbocycles. The first-order valence-corrected chi connectivity index (χ1v) is 6.80. The molecule has 23 heavy (non-hydrogen) atoms. The Bertz CT molecular complexity index is 633. The maximum absolute atomic E-state index is 12.5. The van der Waals surface area contributed by atoms with Crippen LogP contribution >= 0.6 is 0 Å². The van der Waals surface area contributed by atoms with Crippen molar-refractivity contribution < 1.29 is 22.8 Å². The first-order chi connectivity index (χ1) is 10.7. The molecule has 0 aromatic heterocycles. The molecule has 122 valence electrons. The summed E-state index contributed by atoms with van der Waals surface area (Å²) in [6, 6.07) is 6.65. The lowest BCUT2D eigenvalue weighted by Crippen LogP contribution is -2.44. The minimum Gasteiger partial charge on any atom is -0.328 e. The largest absolute Gasteiger partial charge is 0.406 e. The molecule has 0 fully saturated rings. The number of alkyl halides is 3. The van der Waals surface area contributed by atoms with Crippen molar-refractivity contribution in [2.45, 2.75) is 6.18 Å². The highest BCUT2D eigenvalue weighted by Gasteiger charge is 2.36. The average molecular weight is 324 g/mol. The molecule has 1 aromatic rings. The number of hydrogen-bond donors (Lipinski definition) is 0. The summed E-state index contributed by atoms with van der Waals surface area (Å²) in [5.74, 6) is -1.26. The average Bonchev–Trinajstić information content (AvgIpc) is 2.71. The van der Waals surface area contributed by atoms with Crippen LogP contribution in [0.25, 0.3) is 5.70 Å². The van der Waals surface area contributed by atoms with Crippen molar-refractivity contribution in [3.05, 3.63) is 54.6 Å². The topological polar surface area (TPSA) is 40.6 Å². The summed E-state index contributed by atoms with van der Waals surface area (Å²) in [5.41, 5.74) is 1.28. The third kappa shape index (κ3) is 3.61. The molecule has 2 amide bonds. The number of halogens is 3. The molecule has 2 rings (SSSR count). The Morgan fingerprint density at radius 1 is 1.26 bits per heavy atom. The Morgan fingerprint density at radius 2 is 1.87 bits per heavy atom. The van der Waals surface area contributed by atoms with E-state index in [9.17, 15) is 22.8 Å². The number of hydrogen-bond acceptors (Lipinski definition) is 2. The maximum Gasteiger partial charge on any atom is 0.406 e. The van der Waals surface area contributed by atoms with Crippen LogP contribution in [0.4, 0.5) is 13.2 Å². The number of fused-ring (bicyclic) bond motifs is 1. The van der Waals surface area contributed by atoms with Gasteiger partial charge < -0.3 is 4.90 Å². The SMILES string of the molecule is C=CCN(CC(F)(F)F)C(=O)CN1C(=C)c2ccccc2C1=O. The summed E-state index contributed by atoms with van der Waals surface area (Å²) >= 11 is 0. The minimum absolute atomic E-state index is 0.250. The number of amides is 2. The van der Waals surface area contributed by atoms with Gasteiger partial charge in [0.2, 0.25) is 5.91 Å². The zero-order chi connectivity index (χ0) is 17.2. The van der Waals surface area contributed by atoms with Crippen molar-refractivity contribution in [1.82, 2.24) is 9.80 Å². The van der Waals surface area contributed by atoms with Crippen molar-refractivity contribution in [3.8, 4) is 0 Å². The molecule has 7 heteroatoms. The lowest BCUT2D eigenvalue weighted by atomic mass is 10.1. The van der Waals surface area contributed by atoms with Crippen molar-refractivity contribution in [1.29, 1.82) is 0 Å². The summed E-state index contributed by atoms with van der Waals surface area (Å²) in [5, 5.41) is 0. The third-order valence-corrected chi connectivity index (χ3v) is 3.41. The van der Waals surface area contributed by atoms with Crippen LogP contribution in [0.15, 0.2) is 43.5 Å². The summed E-state index contributed by atoms with van der Waals surface area (Å²) in [6.45, 7) is 4.97. The van der Waals surface area contributed by atoms with E-state index >= 15 is 0 Å². The van der Waals surface area contributed by atoms with Crippen LogP contribution < -0.4 is 0 Å². The van der Waals surface area contributed by atoms with Gasteiger partial charge >= 0.3 is 6.18 Å². The first-order valence-electron chi connectivity index (χ1n) is 6.80. The van der Waals surface area contributed by atoms with Crippen LogP contribution in [0.3, 0.4) is 0 Å². The van der Waals surface area contributed by atoms with Gasteiger partial charge in [-0.3, -0.25) is 14.5 Å². The van der Waals surface area contributed by atoms with Crippen LogP contribution in [0.2, 0.25) is 0 Å². The predicted molar refractivity (Wildman–Crippen MR) is 79.3 cm³/mol. The maximum atomic E-state index is 12.5. The molecule has 0 bridgehead atoms. The van der Waals surface area contributed by atoms with E-state index in [1.807, 2.05) is 0 Å². The quantitative estimate of drug-likeness (QED) is 0.782. The zero-order valence-corrected chi connectivity index (χ0v) is 12.3. The van der Waals surface area contributed by atoms with Crippen LogP contribution in [-0.2, 0) is 4.79 Å². The van der Waals surface area contributed by atoms with Gasteiger partial charge in [0.1, 0.15) is 13.1 Å². The van der Waals surface area contributed by atoms with E-state index in [0.29, 0.717) is 21.7 Å². The van der Waals surface area contributed by atoms with Gasteiger partial charge in [0.05, 0.1) is 0 Å². The number of nitrogens with zero attached hydrogens (tertiary/aromatic N) is 2. The Kier molecular flexibility index (Phi) is 4.58. The lowest BCUT2D eigenvalue weighted by Gasteiger charge is -2.25. The Labute approximate surface area is 131 Å². The van der Waals surface area contributed by atoms with Crippen LogP contribution in [0.5, 0.6) is 0 Å². The highest BCUT2D eigenvalue weighted by Crippen LogP contribution is 2.31. The zero-order valence-electron chi connectivity index (χ0n) is 12.3.